The number of rotatable bonds is 3. The van der Waals surface area contributed by atoms with Gasteiger partial charge in [0.05, 0.1) is 0 Å². The highest BCUT2D eigenvalue weighted by molar-refractivity contribution is 6.22. The Balaban J connectivity index is 2.24. The van der Waals surface area contributed by atoms with E-state index in [0.29, 0.717) is 16.7 Å². The largest absolute Gasteiger partial charge is 0.127 e. The zero-order valence-electron chi connectivity index (χ0n) is 5.66. The first-order valence-corrected chi connectivity index (χ1v) is 4.36. The molecular weight excluding hydrogens is 155 g/mol. The first-order valence-electron chi connectivity index (χ1n) is 3.39. The Morgan fingerprint density at radius 2 is 2.11 bits per heavy atom. The van der Waals surface area contributed by atoms with Gasteiger partial charge in [-0.15, -0.1) is 23.2 Å². The van der Waals surface area contributed by atoms with Crippen LogP contribution < -0.4 is 0 Å². The lowest BCUT2D eigenvalue weighted by Crippen LogP contribution is -2.12. The summed E-state index contributed by atoms with van der Waals surface area (Å²) in [4.78, 5) is 0. The molecule has 1 unspecified atom stereocenters. The van der Waals surface area contributed by atoms with E-state index in [0.717, 1.165) is 6.42 Å². The molecule has 0 aromatic carbocycles. The first kappa shape index (κ1) is 7.68. The summed E-state index contributed by atoms with van der Waals surface area (Å²) in [6.45, 7) is 2.23. The molecule has 1 atom stereocenters. The third kappa shape index (κ3) is 1.75. The highest BCUT2D eigenvalue weighted by atomic mass is 35.5. The lowest BCUT2D eigenvalue weighted by Gasteiger charge is -2.13. The second kappa shape index (κ2) is 2.67. The minimum Gasteiger partial charge on any atom is -0.127 e. The molecule has 1 aliphatic carbocycles. The number of hydrogen-bond acceptors (Lipinski definition) is 0. The Labute approximate surface area is 66.5 Å². The van der Waals surface area contributed by atoms with E-state index in [1.807, 2.05) is 0 Å². The van der Waals surface area contributed by atoms with Gasteiger partial charge in [-0.25, -0.2) is 0 Å². The van der Waals surface area contributed by atoms with Gasteiger partial charge in [-0.3, -0.25) is 0 Å². The zero-order chi connectivity index (χ0) is 6.91. The molecular formula is C7H12Cl2. The highest BCUT2D eigenvalue weighted by Crippen LogP contribution is 2.51. The van der Waals surface area contributed by atoms with Crippen LogP contribution >= 0.6 is 23.2 Å². The van der Waals surface area contributed by atoms with Gasteiger partial charge in [-0.1, -0.05) is 6.92 Å². The van der Waals surface area contributed by atoms with E-state index < -0.39 is 0 Å². The molecule has 0 aromatic heterocycles. The maximum Gasteiger partial charge on any atom is 0.0401 e. The Morgan fingerprint density at radius 3 is 2.44 bits per heavy atom. The summed E-state index contributed by atoms with van der Waals surface area (Å²) in [6, 6.07) is 0. The van der Waals surface area contributed by atoms with Crippen LogP contribution in [-0.2, 0) is 0 Å². The molecule has 0 bridgehead atoms. The van der Waals surface area contributed by atoms with E-state index in [1.165, 1.54) is 12.8 Å². The summed E-state index contributed by atoms with van der Waals surface area (Å²) in [6.07, 6.45) is 3.54. The lowest BCUT2D eigenvalue weighted by molar-refractivity contribution is 0.521. The van der Waals surface area contributed by atoms with Crippen LogP contribution in [0.5, 0.6) is 0 Å². The molecule has 0 N–H and O–H groups in total. The molecule has 1 saturated carbocycles. The fourth-order valence-corrected chi connectivity index (χ4v) is 1.61. The van der Waals surface area contributed by atoms with Crippen molar-refractivity contribution in [3.8, 4) is 0 Å². The third-order valence-electron chi connectivity index (χ3n) is 2.16. The summed E-state index contributed by atoms with van der Waals surface area (Å²) >= 11 is 11.6. The Hall–Kier alpha value is 0.580. The van der Waals surface area contributed by atoms with E-state index in [-0.39, 0.29) is 0 Å². The van der Waals surface area contributed by atoms with Crippen molar-refractivity contribution in [1.82, 2.24) is 0 Å². The van der Waals surface area contributed by atoms with Crippen molar-refractivity contribution >= 4 is 23.2 Å². The molecule has 1 fully saturated rings. The number of hydrogen-bond donors (Lipinski definition) is 0. The van der Waals surface area contributed by atoms with Gasteiger partial charge in [0.15, 0.2) is 0 Å². The van der Waals surface area contributed by atoms with Crippen molar-refractivity contribution < 1.29 is 0 Å². The van der Waals surface area contributed by atoms with Gasteiger partial charge in [0.1, 0.15) is 0 Å². The molecule has 0 heterocycles. The Kier molecular flexibility index (Phi) is 2.28. The van der Waals surface area contributed by atoms with E-state index in [1.54, 1.807) is 0 Å². The molecule has 0 radical (unpaired) electrons. The molecule has 0 nitrogen and oxygen atoms in total. The predicted octanol–water partition coefficient (Wildman–Crippen LogP) is 3.02. The average molecular weight is 167 g/mol. The van der Waals surface area contributed by atoms with Gasteiger partial charge in [0.25, 0.3) is 0 Å². The van der Waals surface area contributed by atoms with E-state index in [2.05, 4.69) is 6.92 Å². The molecule has 0 aliphatic heterocycles. The van der Waals surface area contributed by atoms with Crippen LogP contribution in [-0.4, -0.2) is 11.3 Å². The Morgan fingerprint density at radius 1 is 1.56 bits per heavy atom. The normalized spacial score (nSPS) is 25.7. The molecule has 2 heteroatoms. The maximum absolute atomic E-state index is 6.04. The van der Waals surface area contributed by atoms with Gasteiger partial charge in [0, 0.05) is 11.3 Å². The summed E-state index contributed by atoms with van der Waals surface area (Å²) in [5, 5.41) is 0.315. The lowest BCUT2D eigenvalue weighted by atomic mass is 10.0. The van der Waals surface area contributed by atoms with Gasteiger partial charge in [-0.2, -0.15) is 0 Å². The van der Waals surface area contributed by atoms with E-state index >= 15 is 0 Å². The van der Waals surface area contributed by atoms with Crippen molar-refractivity contribution in [2.24, 2.45) is 5.41 Å². The van der Waals surface area contributed by atoms with Crippen LogP contribution in [0, 0.1) is 5.41 Å². The van der Waals surface area contributed by atoms with Crippen molar-refractivity contribution in [3.63, 3.8) is 0 Å². The second-order valence-electron chi connectivity index (χ2n) is 3.10. The number of alkyl halides is 2. The van der Waals surface area contributed by atoms with Gasteiger partial charge in [0.2, 0.25) is 0 Å². The zero-order valence-corrected chi connectivity index (χ0v) is 7.17. The van der Waals surface area contributed by atoms with Gasteiger partial charge < -0.3 is 0 Å². The molecule has 0 amide bonds. The predicted molar refractivity (Wildman–Crippen MR) is 42.3 cm³/mol. The van der Waals surface area contributed by atoms with Crippen LogP contribution in [0.15, 0.2) is 0 Å². The molecule has 0 spiro atoms. The monoisotopic (exact) mass is 166 g/mol. The first-order chi connectivity index (χ1) is 4.19. The van der Waals surface area contributed by atoms with Crippen molar-refractivity contribution in [2.75, 3.05) is 5.88 Å². The average Bonchev–Trinajstić information content (AvgIpc) is 2.50. The number of halogens is 2. The minimum absolute atomic E-state index is 0.315. The van der Waals surface area contributed by atoms with Gasteiger partial charge in [-0.05, 0) is 24.7 Å². The topological polar surface area (TPSA) is 0 Å². The smallest absolute Gasteiger partial charge is 0.0401 e. The van der Waals surface area contributed by atoms with Crippen LogP contribution in [0.1, 0.15) is 26.2 Å². The van der Waals surface area contributed by atoms with E-state index in [9.17, 15) is 0 Å². The standard InChI is InChI=1S/C7H12Cl2/c1-7(3-4-7)6(9)2-5-8/h6H,2-5H2,1H3. The summed E-state index contributed by atoms with van der Waals surface area (Å²) < 4.78 is 0. The van der Waals surface area contributed by atoms with Crippen molar-refractivity contribution in [3.05, 3.63) is 0 Å². The van der Waals surface area contributed by atoms with Crippen LogP contribution in [0.4, 0.5) is 0 Å². The second-order valence-corrected chi connectivity index (χ2v) is 4.00. The van der Waals surface area contributed by atoms with Gasteiger partial charge >= 0.3 is 0 Å². The van der Waals surface area contributed by atoms with Crippen molar-refractivity contribution in [1.29, 1.82) is 0 Å². The molecule has 9 heavy (non-hydrogen) atoms. The highest BCUT2D eigenvalue weighted by Gasteiger charge is 2.43. The SMILES string of the molecule is CC1(C(Cl)CCCl)CC1. The molecule has 0 aromatic rings. The summed E-state index contributed by atoms with van der Waals surface area (Å²) in [5.41, 5.74) is 0.441. The molecule has 1 aliphatic rings. The fraction of sp³-hybridized carbons (Fsp3) is 1.00. The quantitative estimate of drug-likeness (QED) is 0.566. The van der Waals surface area contributed by atoms with Crippen LogP contribution in [0.2, 0.25) is 0 Å². The van der Waals surface area contributed by atoms with E-state index in [4.69, 9.17) is 23.2 Å². The van der Waals surface area contributed by atoms with Crippen LogP contribution in [0.25, 0.3) is 0 Å². The molecule has 54 valence electrons. The fourth-order valence-electron chi connectivity index (χ4n) is 0.955. The molecule has 0 saturated heterocycles. The van der Waals surface area contributed by atoms with Crippen LogP contribution in [0.3, 0.4) is 0 Å². The Bertz CT molecular complexity index is 97.1. The molecule has 1 rings (SSSR count). The summed E-state index contributed by atoms with van der Waals surface area (Å²) in [5.74, 6) is 0.698. The maximum atomic E-state index is 6.04. The minimum atomic E-state index is 0.315. The third-order valence-corrected chi connectivity index (χ3v) is 3.12. The van der Waals surface area contributed by atoms with Crippen molar-refractivity contribution in [2.45, 2.75) is 31.6 Å². The summed E-state index contributed by atoms with van der Waals surface area (Å²) in [7, 11) is 0.